The highest BCUT2D eigenvalue weighted by molar-refractivity contribution is 8.00. The van der Waals surface area contributed by atoms with Gasteiger partial charge in [0.2, 0.25) is 0 Å². The fourth-order valence-corrected chi connectivity index (χ4v) is 4.07. The molecule has 2 heterocycles. The lowest BCUT2D eigenvalue weighted by Crippen LogP contribution is -2.46. The highest BCUT2D eigenvalue weighted by Gasteiger charge is 2.48. The molecule has 0 aliphatic carbocycles. The zero-order valence-corrected chi connectivity index (χ0v) is 19.5. The first-order chi connectivity index (χ1) is 17.1. The van der Waals surface area contributed by atoms with E-state index < -0.39 is 35.1 Å². The maximum absolute atomic E-state index is 13.1. The van der Waals surface area contributed by atoms with Crippen molar-refractivity contribution in [2.45, 2.75) is 35.5 Å². The number of aromatic nitrogens is 1. The molecule has 1 aromatic heterocycles. The van der Waals surface area contributed by atoms with Crippen LogP contribution in [-0.2, 0) is 16.0 Å². The van der Waals surface area contributed by atoms with Crippen LogP contribution in [0, 0.1) is 0 Å². The van der Waals surface area contributed by atoms with E-state index in [4.69, 9.17) is 9.90 Å². The van der Waals surface area contributed by atoms with E-state index in [2.05, 4.69) is 10.3 Å². The third-order valence-corrected chi connectivity index (χ3v) is 5.85. The molecular weight excluding hydrogens is 528 g/mol. The summed E-state index contributed by atoms with van der Waals surface area (Å²) in [7, 11) is 0. The summed E-state index contributed by atoms with van der Waals surface area (Å²) in [6, 6.07) is 13.8. The van der Waals surface area contributed by atoms with Crippen molar-refractivity contribution in [2.75, 3.05) is 4.90 Å². The van der Waals surface area contributed by atoms with Crippen molar-refractivity contribution < 1.29 is 45.8 Å². The number of amides is 3. The molecule has 0 bridgehead atoms. The van der Waals surface area contributed by atoms with Gasteiger partial charge in [-0.25, -0.2) is 14.5 Å². The Bertz CT molecular complexity index is 1330. The summed E-state index contributed by atoms with van der Waals surface area (Å²) in [6.45, 7) is 1.64. The number of carbonyl (C=O) groups is 3. The van der Waals surface area contributed by atoms with Gasteiger partial charge < -0.3 is 10.4 Å². The Kier molecular flexibility index (Phi) is 7.72. The van der Waals surface area contributed by atoms with Crippen LogP contribution in [0.5, 0.6) is 0 Å². The normalized spacial score (nSPS) is 17.9. The van der Waals surface area contributed by atoms with Crippen LogP contribution in [0.2, 0.25) is 0 Å². The number of carboxylic acid groups (broad SMARTS) is 1. The summed E-state index contributed by atoms with van der Waals surface area (Å²) < 4.78 is 69.3. The molecule has 0 radical (unpaired) electrons. The second kappa shape index (κ2) is 10.3. The number of thioether (sulfide) groups is 1. The van der Waals surface area contributed by atoms with Crippen LogP contribution in [0.15, 0.2) is 65.7 Å². The molecule has 0 saturated carbocycles. The van der Waals surface area contributed by atoms with E-state index >= 15 is 0 Å². The zero-order chi connectivity index (χ0) is 27.6. The predicted octanol–water partition coefficient (Wildman–Crippen LogP) is 5.54. The van der Waals surface area contributed by atoms with Crippen LogP contribution >= 0.6 is 11.8 Å². The third-order valence-electron chi connectivity index (χ3n) is 5.12. The summed E-state index contributed by atoms with van der Waals surface area (Å²) >= 11 is -0.254. The number of carboxylic acids is 1. The van der Waals surface area contributed by atoms with Gasteiger partial charge in [-0.1, -0.05) is 18.2 Å². The molecule has 3 aromatic rings. The quantitative estimate of drug-likeness (QED) is 0.254. The largest absolute Gasteiger partial charge is 0.490 e. The number of urea groups is 1. The Balaban J connectivity index is 0.000000479. The van der Waals surface area contributed by atoms with Crippen LogP contribution in [0.1, 0.15) is 12.5 Å². The lowest BCUT2D eigenvalue weighted by Gasteiger charge is -2.22. The van der Waals surface area contributed by atoms with E-state index in [-0.39, 0.29) is 28.8 Å². The number of para-hydroxylation sites is 1. The lowest BCUT2D eigenvalue weighted by molar-refractivity contribution is -0.192. The molecule has 2 aromatic carbocycles. The number of hydrogen-bond acceptors (Lipinski definition) is 5. The standard InChI is InChI=1S/C21H16F3N3O2S.C2HF3O2/c1-20(12-13-10-11-25-17-5-3-2-4-16(13)17)18(28)27(19(29)26-20)14-6-8-15(9-7-14)30-21(22,23)24;3-2(4,5)1(6)7/h2-11H,12H2,1H3,(H,26,29);(H,6,7)/t20-;/m0./s1. The number of imide groups is 1. The van der Waals surface area contributed by atoms with Gasteiger partial charge >= 0.3 is 23.7 Å². The molecule has 4 rings (SSSR count). The number of aliphatic carboxylic acids is 1. The lowest BCUT2D eigenvalue weighted by atomic mass is 9.91. The van der Waals surface area contributed by atoms with Gasteiger partial charge in [-0.15, -0.1) is 0 Å². The van der Waals surface area contributed by atoms with Gasteiger partial charge in [-0.3, -0.25) is 9.78 Å². The number of alkyl halides is 6. The van der Waals surface area contributed by atoms with E-state index in [9.17, 15) is 35.9 Å². The monoisotopic (exact) mass is 545 g/mol. The van der Waals surface area contributed by atoms with Crippen LogP contribution in [0.4, 0.5) is 36.8 Å². The van der Waals surface area contributed by atoms with Gasteiger partial charge in [0.25, 0.3) is 5.91 Å². The number of halogens is 6. The second-order valence-corrected chi connectivity index (χ2v) is 9.05. The van der Waals surface area contributed by atoms with Crippen molar-refractivity contribution in [3.05, 3.63) is 66.4 Å². The molecule has 1 fully saturated rings. The van der Waals surface area contributed by atoms with Crippen molar-refractivity contribution >= 4 is 46.3 Å². The number of benzene rings is 2. The summed E-state index contributed by atoms with van der Waals surface area (Å²) in [5, 5.41) is 10.7. The molecule has 1 atom stereocenters. The SMILES string of the molecule is C[C@@]1(Cc2ccnc3ccccc23)NC(=O)N(c2ccc(SC(F)(F)F)cc2)C1=O.O=C(O)C(F)(F)F. The number of pyridine rings is 1. The first-order valence-electron chi connectivity index (χ1n) is 10.3. The summed E-state index contributed by atoms with van der Waals surface area (Å²) in [6.07, 6.45) is -3.18. The fraction of sp³-hybridized carbons (Fsp3) is 0.217. The van der Waals surface area contributed by atoms with Crippen LogP contribution in [-0.4, -0.2) is 45.2 Å². The van der Waals surface area contributed by atoms with Gasteiger partial charge in [0.1, 0.15) is 5.54 Å². The molecule has 2 N–H and O–H groups in total. The molecule has 1 aliphatic heterocycles. The topological polar surface area (TPSA) is 99.6 Å². The highest BCUT2D eigenvalue weighted by atomic mass is 32.2. The Morgan fingerprint density at radius 1 is 1.03 bits per heavy atom. The van der Waals surface area contributed by atoms with E-state index in [1.807, 2.05) is 24.3 Å². The maximum Gasteiger partial charge on any atom is 0.490 e. The number of fused-ring (bicyclic) bond motifs is 1. The van der Waals surface area contributed by atoms with E-state index in [0.717, 1.165) is 21.4 Å². The van der Waals surface area contributed by atoms with Gasteiger partial charge in [-0.05, 0) is 60.6 Å². The number of rotatable bonds is 4. The number of anilines is 1. The highest BCUT2D eigenvalue weighted by Crippen LogP contribution is 2.38. The van der Waals surface area contributed by atoms with Crippen molar-refractivity contribution in [1.82, 2.24) is 10.3 Å². The minimum atomic E-state index is -5.08. The molecule has 0 spiro atoms. The van der Waals surface area contributed by atoms with Gasteiger partial charge in [0.15, 0.2) is 0 Å². The van der Waals surface area contributed by atoms with Gasteiger partial charge in [0, 0.05) is 22.9 Å². The summed E-state index contributed by atoms with van der Waals surface area (Å²) in [5.41, 5.74) is -3.75. The average Bonchev–Trinajstić information content (AvgIpc) is 3.01. The molecule has 1 saturated heterocycles. The Morgan fingerprint density at radius 2 is 1.62 bits per heavy atom. The average molecular weight is 545 g/mol. The molecule has 14 heteroatoms. The van der Waals surface area contributed by atoms with Crippen molar-refractivity contribution in [2.24, 2.45) is 0 Å². The Labute approximate surface area is 209 Å². The molecule has 0 unspecified atom stereocenters. The van der Waals surface area contributed by atoms with E-state index in [1.54, 1.807) is 19.2 Å². The van der Waals surface area contributed by atoms with Crippen molar-refractivity contribution in [1.29, 1.82) is 0 Å². The van der Waals surface area contributed by atoms with Crippen LogP contribution in [0.25, 0.3) is 10.9 Å². The molecular formula is C23H17F6N3O4S. The summed E-state index contributed by atoms with van der Waals surface area (Å²) in [4.78, 5) is 39.8. The number of nitrogens with zero attached hydrogens (tertiary/aromatic N) is 2. The third kappa shape index (κ3) is 6.70. The van der Waals surface area contributed by atoms with Gasteiger partial charge in [0.05, 0.1) is 11.2 Å². The van der Waals surface area contributed by atoms with Crippen molar-refractivity contribution in [3.8, 4) is 0 Å². The molecule has 196 valence electrons. The van der Waals surface area contributed by atoms with E-state index in [0.29, 0.717) is 0 Å². The first-order valence-corrected chi connectivity index (χ1v) is 11.1. The van der Waals surface area contributed by atoms with Crippen LogP contribution < -0.4 is 10.2 Å². The van der Waals surface area contributed by atoms with E-state index in [1.165, 1.54) is 24.3 Å². The number of hydrogen-bond donors (Lipinski definition) is 2. The minimum absolute atomic E-state index is 0.0238. The zero-order valence-electron chi connectivity index (χ0n) is 18.7. The molecule has 3 amide bonds. The molecule has 1 aliphatic rings. The minimum Gasteiger partial charge on any atom is -0.475 e. The maximum atomic E-state index is 13.1. The predicted molar refractivity (Wildman–Crippen MR) is 122 cm³/mol. The first kappa shape index (κ1) is 27.8. The smallest absolute Gasteiger partial charge is 0.475 e. The van der Waals surface area contributed by atoms with Crippen LogP contribution in [0.3, 0.4) is 0 Å². The molecule has 37 heavy (non-hydrogen) atoms. The Hall–Kier alpha value is -3.81. The van der Waals surface area contributed by atoms with Gasteiger partial charge in [-0.2, -0.15) is 26.3 Å². The summed E-state index contributed by atoms with van der Waals surface area (Å²) in [5.74, 6) is -3.22. The Morgan fingerprint density at radius 3 is 2.19 bits per heavy atom. The van der Waals surface area contributed by atoms with Crippen molar-refractivity contribution in [3.63, 3.8) is 0 Å². The second-order valence-electron chi connectivity index (χ2n) is 7.91. The number of carbonyl (C=O) groups excluding carboxylic acids is 2. The number of nitrogens with one attached hydrogen (secondary N) is 1. The molecule has 7 nitrogen and oxygen atoms in total. The fourth-order valence-electron chi connectivity index (χ4n) is 3.53.